The van der Waals surface area contributed by atoms with E-state index < -0.39 is 10.0 Å². The van der Waals surface area contributed by atoms with E-state index in [4.69, 9.17) is 4.74 Å². The molecule has 0 spiro atoms. The quantitative estimate of drug-likeness (QED) is 0.792. The maximum Gasteiger partial charge on any atom is 0.251 e. The van der Waals surface area contributed by atoms with Crippen molar-refractivity contribution in [3.05, 3.63) is 59.7 Å². The standard InChI is InChI=1S/C18H22N2O4S/c1-4-17(13-8-10-15(24-3)11-9-13)20-18(21)14-6-5-7-16(12-14)25(22,23)19-2/h5-12,17,19H,4H2,1-3H3,(H,20,21)/t17-/m1/s1. The van der Waals surface area contributed by atoms with Crippen LogP contribution in [0.5, 0.6) is 5.75 Å². The molecular formula is C18H22N2O4S. The second-order valence-corrected chi connectivity index (χ2v) is 7.33. The molecule has 2 aromatic carbocycles. The van der Waals surface area contributed by atoms with E-state index in [9.17, 15) is 13.2 Å². The van der Waals surface area contributed by atoms with Crippen molar-refractivity contribution < 1.29 is 17.9 Å². The minimum atomic E-state index is -3.59. The normalized spacial score (nSPS) is 12.4. The Balaban J connectivity index is 2.20. The fourth-order valence-corrected chi connectivity index (χ4v) is 3.20. The van der Waals surface area contributed by atoms with Crippen molar-refractivity contribution in [2.75, 3.05) is 14.2 Å². The molecule has 2 aromatic rings. The number of rotatable bonds is 7. The van der Waals surface area contributed by atoms with Crippen LogP contribution in [0.1, 0.15) is 35.3 Å². The molecule has 0 aliphatic heterocycles. The van der Waals surface area contributed by atoms with Crippen LogP contribution >= 0.6 is 0 Å². The summed E-state index contributed by atoms with van der Waals surface area (Å²) in [4.78, 5) is 12.6. The number of sulfonamides is 1. The first kappa shape index (κ1) is 19.0. The summed E-state index contributed by atoms with van der Waals surface area (Å²) in [5.74, 6) is 0.422. The van der Waals surface area contributed by atoms with Crippen LogP contribution in [0.3, 0.4) is 0 Å². The lowest BCUT2D eigenvalue weighted by molar-refractivity contribution is 0.0935. The van der Waals surface area contributed by atoms with Gasteiger partial charge < -0.3 is 10.1 Å². The van der Waals surface area contributed by atoms with E-state index in [1.807, 2.05) is 31.2 Å². The highest BCUT2D eigenvalue weighted by atomic mass is 32.2. The minimum Gasteiger partial charge on any atom is -0.497 e. The Kier molecular flexibility index (Phi) is 6.17. The van der Waals surface area contributed by atoms with Gasteiger partial charge in [0.1, 0.15) is 5.75 Å². The average molecular weight is 362 g/mol. The summed E-state index contributed by atoms with van der Waals surface area (Å²) in [6, 6.07) is 13.2. The van der Waals surface area contributed by atoms with Crippen LogP contribution in [-0.4, -0.2) is 28.5 Å². The van der Waals surface area contributed by atoms with Gasteiger partial charge >= 0.3 is 0 Å². The highest BCUT2D eigenvalue weighted by Gasteiger charge is 2.17. The molecule has 0 heterocycles. The molecule has 0 aliphatic carbocycles. The zero-order chi connectivity index (χ0) is 18.4. The highest BCUT2D eigenvalue weighted by Crippen LogP contribution is 2.21. The molecule has 6 nitrogen and oxygen atoms in total. The number of carbonyl (C=O) groups excluding carboxylic acids is 1. The number of carbonyl (C=O) groups is 1. The Morgan fingerprint density at radius 3 is 2.40 bits per heavy atom. The van der Waals surface area contributed by atoms with E-state index in [0.717, 1.165) is 11.3 Å². The van der Waals surface area contributed by atoms with Crippen molar-refractivity contribution in [3.8, 4) is 5.75 Å². The smallest absolute Gasteiger partial charge is 0.251 e. The van der Waals surface area contributed by atoms with Crippen LogP contribution in [0.2, 0.25) is 0 Å². The number of benzene rings is 2. The van der Waals surface area contributed by atoms with Gasteiger partial charge in [0.25, 0.3) is 5.91 Å². The molecule has 0 unspecified atom stereocenters. The fourth-order valence-electron chi connectivity index (χ4n) is 2.42. The van der Waals surface area contributed by atoms with Crippen molar-refractivity contribution in [3.63, 3.8) is 0 Å². The van der Waals surface area contributed by atoms with Gasteiger partial charge in [-0.05, 0) is 49.4 Å². The lowest BCUT2D eigenvalue weighted by Crippen LogP contribution is -2.28. The topological polar surface area (TPSA) is 84.5 Å². The van der Waals surface area contributed by atoms with Crippen molar-refractivity contribution >= 4 is 15.9 Å². The van der Waals surface area contributed by atoms with E-state index in [1.54, 1.807) is 19.2 Å². The van der Waals surface area contributed by atoms with Crippen molar-refractivity contribution in [1.29, 1.82) is 0 Å². The number of hydrogen-bond donors (Lipinski definition) is 2. The first-order chi connectivity index (χ1) is 11.9. The predicted octanol–water partition coefficient (Wildman–Crippen LogP) is 2.48. The average Bonchev–Trinajstić information content (AvgIpc) is 2.66. The van der Waals surface area contributed by atoms with Crippen LogP contribution in [-0.2, 0) is 10.0 Å². The van der Waals surface area contributed by atoms with Crippen LogP contribution < -0.4 is 14.8 Å². The molecule has 7 heteroatoms. The summed E-state index contributed by atoms with van der Waals surface area (Å²) in [5, 5.41) is 2.94. The van der Waals surface area contributed by atoms with Gasteiger partial charge in [-0.3, -0.25) is 4.79 Å². The van der Waals surface area contributed by atoms with Crippen molar-refractivity contribution in [2.45, 2.75) is 24.3 Å². The lowest BCUT2D eigenvalue weighted by Gasteiger charge is -2.18. The Hall–Kier alpha value is -2.38. The predicted molar refractivity (Wildman–Crippen MR) is 96.2 cm³/mol. The van der Waals surface area contributed by atoms with Gasteiger partial charge in [-0.15, -0.1) is 0 Å². The first-order valence-electron chi connectivity index (χ1n) is 7.89. The van der Waals surface area contributed by atoms with Gasteiger partial charge in [0, 0.05) is 5.56 Å². The van der Waals surface area contributed by atoms with E-state index in [0.29, 0.717) is 12.0 Å². The third-order valence-electron chi connectivity index (χ3n) is 3.91. The summed E-state index contributed by atoms with van der Waals surface area (Å²) < 4.78 is 31.1. The second-order valence-electron chi connectivity index (χ2n) is 5.44. The zero-order valence-corrected chi connectivity index (χ0v) is 15.3. The van der Waals surface area contributed by atoms with Gasteiger partial charge in [-0.1, -0.05) is 25.1 Å². The molecule has 0 saturated heterocycles. The molecule has 1 atom stereocenters. The molecule has 1 amide bonds. The Bertz CT molecular complexity index is 832. The van der Waals surface area contributed by atoms with Gasteiger partial charge in [0.15, 0.2) is 0 Å². The largest absolute Gasteiger partial charge is 0.497 e. The summed E-state index contributed by atoms with van der Waals surface area (Å²) >= 11 is 0. The second kappa shape index (κ2) is 8.13. The monoisotopic (exact) mass is 362 g/mol. The zero-order valence-electron chi connectivity index (χ0n) is 14.4. The Labute approximate surface area is 148 Å². The number of hydrogen-bond acceptors (Lipinski definition) is 4. The van der Waals surface area contributed by atoms with Crippen LogP contribution in [0.15, 0.2) is 53.4 Å². The highest BCUT2D eigenvalue weighted by molar-refractivity contribution is 7.89. The van der Waals surface area contributed by atoms with E-state index in [1.165, 1.54) is 19.2 Å². The fraction of sp³-hybridized carbons (Fsp3) is 0.278. The lowest BCUT2D eigenvalue weighted by atomic mass is 10.0. The first-order valence-corrected chi connectivity index (χ1v) is 9.38. The minimum absolute atomic E-state index is 0.0557. The van der Waals surface area contributed by atoms with Crippen LogP contribution in [0.4, 0.5) is 0 Å². The number of nitrogens with one attached hydrogen (secondary N) is 2. The molecule has 25 heavy (non-hydrogen) atoms. The molecule has 0 fully saturated rings. The van der Waals surface area contributed by atoms with Crippen LogP contribution in [0.25, 0.3) is 0 Å². The van der Waals surface area contributed by atoms with E-state index in [-0.39, 0.29) is 16.8 Å². The van der Waals surface area contributed by atoms with Gasteiger partial charge in [-0.25, -0.2) is 13.1 Å². The SMILES string of the molecule is CC[C@@H](NC(=O)c1cccc(S(=O)(=O)NC)c1)c1ccc(OC)cc1. The molecule has 0 radical (unpaired) electrons. The van der Waals surface area contributed by atoms with Crippen molar-refractivity contribution in [1.82, 2.24) is 10.0 Å². The van der Waals surface area contributed by atoms with Gasteiger partial charge in [0.05, 0.1) is 18.0 Å². The van der Waals surface area contributed by atoms with Crippen LogP contribution in [0, 0.1) is 0 Å². The third kappa shape index (κ3) is 4.58. The molecular weight excluding hydrogens is 340 g/mol. The van der Waals surface area contributed by atoms with Gasteiger partial charge in [-0.2, -0.15) is 0 Å². The summed E-state index contributed by atoms with van der Waals surface area (Å²) in [7, 11) is -0.662. The summed E-state index contributed by atoms with van der Waals surface area (Å²) in [6.45, 7) is 1.97. The summed E-state index contributed by atoms with van der Waals surface area (Å²) in [6.07, 6.45) is 0.701. The van der Waals surface area contributed by atoms with E-state index in [2.05, 4.69) is 10.0 Å². The molecule has 0 saturated carbocycles. The maximum atomic E-state index is 12.5. The molecule has 2 N–H and O–H groups in total. The Morgan fingerprint density at radius 1 is 1.16 bits per heavy atom. The van der Waals surface area contributed by atoms with E-state index >= 15 is 0 Å². The number of amides is 1. The molecule has 0 aliphatic rings. The number of methoxy groups -OCH3 is 1. The molecule has 134 valence electrons. The van der Waals surface area contributed by atoms with Crippen molar-refractivity contribution in [2.24, 2.45) is 0 Å². The summed E-state index contributed by atoms with van der Waals surface area (Å²) in [5.41, 5.74) is 1.25. The van der Waals surface area contributed by atoms with Gasteiger partial charge in [0.2, 0.25) is 10.0 Å². The molecule has 0 aromatic heterocycles. The molecule has 0 bridgehead atoms. The third-order valence-corrected chi connectivity index (χ3v) is 5.32. The maximum absolute atomic E-state index is 12.5. The molecule has 2 rings (SSSR count). The number of ether oxygens (including phenoxy) is 1. The Morgan fingerprint density at radius 2 is 1.84 bits per heavy atom.